The molecule has 0 saturated carbocycles. The second kappa shape index (κ2) is 7.32. The molecule has 0 unspecified atom stereocenters. The minimum atomic E-state index is -0.499. The summed E-state index contributed by atoms with van der Waals surface area (Å²) in [6.45, 7) is 4.38. The molecule has 1 aromatic rings. The number of amides is 1. The van der Waals surface area contributed by atoms with Gasteiger partial charge in [0.1, 0.15) is 0 Å². The highest BCUT2D eigenvalue weighted by Crippen LogP contribution is 2.10. The predicted molar refractivity (Wildman–Crippen MR) is 67.7 cm³/mol. The summed E-state index contributed by atoms with van der Waals surface area (Å²) in [5.41, 5.74) is 1.02. The van der Waals surface area contributed by atoms with Crippen LogP contribution in [0.5, 0.6) is 0 Å². The number of carbonyl (C=O) groups is 2. The van der Waals surface area contributed by atoms with Crippen LogP contribution < -0.4 is 5.32 Å². The Hall–Kier alpha value is -2.04. The summed E-state index contributed by atoms with van der Waals surface area (Å²) in [5.74, 6) is -0.377. The Labute approximate surface area is 106 Å². The standard InChI is InChI=1S/C13H17NO4/c1-3-9-18-13(16)14-11-7-5-10(6-8-11)12(15)17-4-2/h5-8H,3-4,9H2,1-2H3,(H,14,16). The molecule has 98 valence electrons. The number of rotatable bonds is 5. The molecular formula is C13H17NO4. The summed E-state index contributed by atoms with van der Waals surface area (Å²) in [6, 6.07) is 6.43. The van der Waals surface area contributed by atoms with Gasteiger partial charge in [-0.15, -0.1) is 0 Å². The SMILES string of the molecule is CCCOC(=O)Nc1ccc(C(=O)OCC)cc1. The van der Waals surface area contributed by atoms with Gasteiger partial charge in [0.15, 0.2) is 0 Å². The number of esters is 1. The Bertz CT molecular complexity index is 400. The van der Waals surface area contributed by atoms with E-state index in [0.29, 0.717) is 24.5 Å². The third-order valence-corrected chi connectivity index (χ3v) is 2.08. The van der Waals surface area contributed by atoms with Crippen LogP contribution in [-0.2, 0) is 9.47 Å². The molecule has 0 bridgehead atoms. The average Bonchev–Trinajstić information content (AvgIpc) is 2.37. The maximum atomic E-state index is 11.4. The monoisotopic (exact) mass is 251 g/mol. The zero-order valence-electron chi connectivity index (χ0n) is 10.6. The van der Waals surface area contributed by atoms with Crippen LogP contribution in [0.2, 0.25) is 0 Å². The Morgan fingerprint density at radius 1 is 1.11 bits per heavy atom. The number of ether oxygens (including phenoxy) is 2. The lowest BCUT2D eigenvalue weighted by Gasteiger charge is -2.06. The summed E-state index contributed by atoms with van der Waals surface area (Å²) < 4.78 is 9.72. The van der Waals surface area contributed by atoms with Crippen LogP contribution in [-0.4, -0.2) is 25.3 Å². The highest BCUT2D eigenvalue weighted by atomic mass is 16.5. The van der Waals surface area contributed by atoms with Gasteiger partial charge in [-0.1, -0.05) is 6.92 Å². The third-order valence-electron chi connectivity index (χ3n) is 2.08. The van der Waals surface area contributed by atoms with Crippen molar-refractivity contribution in [3.05, 3.63) is 29.8 Å². The van der Waals surface area contributed by atoms with Crippen LogP contribution in [0.1, 0.15) is 30.6 Å². The van der Waals surface area contributed by atoms with Crippen molar-refractivity contribution in [3.8, 4) is 0 Å². The van der Waals surface area contributed by atoms with Crippen molar-refractivity contribution in [1.82, 2.24) is 0 Å². The summed E-state index contributed by atoms with van der Waals surface area (Å²) in [5, 5.41) is 2.56. The van der Waals surface area contributed by atoms with Crippen LogP contribution >= 0.6 is 0 Å². The van der Waals surface area contributed by atoms with E-state index >= 15 is 0 Å². The van der Waals surface area contributed by atoms with E-state index in [9.17, 15) is 9.59 Å². The molecule has 0 atom stereocenters. The van der Waals surface area contributed by atoms with Crippen molar-refractivity contribution < 1.29 is 19.1 Å². The van der Waals surface area contributed by atoms with Gasteiger partial charge in [-0.05, 0) is 37.6 Å². The lowest BCUT2D eigenvalue weighted by atomic mass is 10.2. The van der Waals surface area contributed by atoms with Gasteiger partial charge in [0.2, 0.25) is 0 Å². The number of nitrogens with one attached hydrogen (secondary N) is 1. The van der Waals surface area contributed by atoms with E-state index < -0.39 is 6.09 Å². The minimum absolute atomic E-state index is 0.335. The van der Waals surface area contributed by atoms with Crippen molar-refractivity contribution in [1.29, 1.82) is 0 Å². The van der Waals surface area contributed by atoms with E-state index in [-0.39, 0.29) is 5.97 Å². The van der Waals surface area contributed by atoms with Crippen molar-refractivity contribution in [2.24, 2.45) is 0 Å². The molecule has 0 radical (unpaired) electrons. The predicted octanol–water partition coefficient (Wildman–Crippen LogP) is 2.82. The highest BCUT2D eigenvalue weighted by Gasteiger charge is 2.07. The maximum Gasteiger partial charge on any atom is 0.411 e. The minimum Gasteiger partial charge on any atom is -0.462 e. The molecule has 0 aliphatic rings. The first kappa shape index (κ1) is 14.0. The van der Waals surface area contributed by atoms with Crippen LogP contribution in [0.3, 0.4) is 0 Å². The molecule has 5 heteroatoms. The van der Waals surface area contributed by atoms with Crippen molar-refractivity contribution >= 4 is 17.7 Å². The summed E-state index contributed by atoms with van der Waals surface area (Å²) in [7, 11) is 0. The fourth-order valence-corrected chi connectivity index (χ4v) is 1.25. The molecule has 5 nitrogen and oxygen atoms in total. The smallest absolute Gasteiger partial charge is 0.411 e. The van der Waals surface area contributed by atoms with Crippen LogP contribution in [0.25, 0.3) is 0 Å². The number of benzene rings is 1. The molecule has 0 spiro atoms. The second-order valence-corrected chi connectivity index (χ2v) is 3.56. The molecule has 1 N–H and O–H groups in total. The molecule has 0 saturated heterocycles. The molecule has 0 aromatic heterocycles. The topological polar surface area (TPSA) is 64.6 Å². The van der Waals surface area contributed by atoms with E-state index in [2.05, 4.69) is 5.32 Å². The van der Waals surface area contributed by atoms with Gasteiger partial charge < -0.3 is 9.47 Å². The second-order valence-electron chi connectivity index (χ2n) is 3.56. The average molecular weight is 251 g/mol. The molecule has 0 fully saturated rings. The van der Waals surface area contributed by atoms with Crippen LogP contribution in [0.4, 0.5) is 10.5 Å². The van der Waals surface area contributed by atoms with Gasteiger partial charge in [0.05, 0.1) is 18.8 Å². The first-order chi connectivity index (χ1) is 8.67. The largest absolute Gasteiger partial charge is 0.462 e. The van der Waals surface area contributed by atoms with E-state index in [1.807, 2.05) is 6.92 Å². The first-order valence-electron chi connectivity index (χ1n) is 5.88. The fraction of sp³-hybridized carbons (Fsp3) is 0.385. The van der Waals surface area contributed by atoms with Gasteiger partial charge in [0, 0.05) is 5.69 Å². The lowest BCUT2D eigenvalue weighted by molar-refractivity contribution is 0.0526. The van der Waals surface area contributed by atoms with E-state index in [1.165, 1.54) is 0 Å². The summed E-state index contributed by atoms with van der Waals surface area (Å²) >= 11 is 0. The number of hydrogen-bond donors (Lipinski definition) is 1. The van der Waals surface area contributed by atoms with Gasteiger partial charge in [-0.25, -0.2) is 9.59 Å². The van der Waals surface area contributed by atoms with Gasteiger partial charge in [-0.3, -0.25) is 5.32 Å². The molecule has 0 heterocycles. The first-order valence-corrected chi connectivity index (χ1v) is 5.88. The Balaban J connectivity index is 2.55. The molecule has 1 aromatic carbocycles. The highest BCUT2D eigenvalue weighted by molar-refractivity contribution is 5.91. The lowest BCUT2D eigenvalue weighted by Crippen LogP contribution is -2.14. The molecular weight excluding hydrogens is 234 g/mol. The number of hydrogen-bond acceptors (Lipinski definition) is 4. The Kier molecular flexibility index (Phi) is 5.70. The molecule has 1 rings (SSSR count). The van der Waals surface area contributed by atoms with Crippen LogP contribution in [0, 0.1) is 0 Å². The summed E-state index contributed by atoms with van der Waals surface area (Å²) in [6.07, 6.45) is 0.274. The van der Waals surface area contributed by atoms with Crippen LogP contribution in [0.15, 0.2) is 24.3 Å². The van der Waals surface area contributed by atoms with Crippen molar-refractivity contribution in [3.63, 3.8) is 0 Å². The number of carbonyl (C=O) groups excluding carboxylic acids is 2. The Morgan fingerprint density at radius 2 is 1.78 bits per heavy atom. The normalized spacial score (nSPS) is 9.67. The van der Waals surface area contributed by atoms with Gasteiger partial charge in [0.25, 0.3) is 0 Å². The molecule has 18 heavy (non-hydrogen) atoms. The van der Waals surface area contributed by atoms with E-state index in [1.54, 1.807) is 31.2 Å². The summed E-state index contributed by atoms with van der Waals surface area (Å²) in [4.78, 5) is 22.7. The molecule has 0 aliphatic carbocycles. The zero-order valence-corrected chi connectivity index (χ0v) is 10.6. The number of anilines is 1. The third kappa shape index (κ3) is 4.45. The van der Waals surface area contributed by atoms with E-state index in [0.717, 1.165) is 6.42 Å². The Morgan fingerprint density at radius 3 is 2.33 bits per heavy atom. The van der Waals surface area contributed by atoms with Crippen molar-refractivity contribution in [2.45, 2.75) is 20.3 Å². The maximum absolute atomic E-state index is 11.4. The van der Waals surface area contributed by atoms with Gasteiger partial charge in [-0.2, -0.15) is 0 Å². The van der Waals surface area contributed by atoms with E-state index in [4.69, 9.17) is 9.47 Å². The zero-order chi connectivity index (χ0) is 13.4. The van der Waals surface area contributed by atoms with Gasteiger partial charge >= 0.3 is 12.1 Å². The molecule has 1 amide bonds. The molecule has 0 aliphatic heterocycles. The van der Waals surface area contributed by atoms with Crippen molar-refractivity contribution in [2.75, 3.05) is 18.5 Å². The quantitative estimate of drug-likeness (QED) is 0.817. The fourth-order valence-electron chi connectivity index (χ4n) is 1.25.